The van der Waals surface area contributed by atoms with Gasteiger partial charge in [0.15, 0.2) is 0 Å². The second-order valence-corrected chi connectivity index (χ2v) is 5.36. The minimum atomic E-state index is 0.432. The molecule has 2 rings (SSSR count). The fraction of sp³-hybridized carbons (Fsp3) is 0.600. The van der Waals surface area contributed by atoms with E-state index in [2.05, 4.69) is 43.4 Å². The first-order valence-electron chi connectivity index (χ1n) is 6.74. The van der Waals surface area contributed by atoms with Crippen LogP contribution in [-0.2, 0) is 0 Å². The largest absolute Gasteiger partial charge is 0.328 e. The van der Waals surface area contributed by atoms with Crippen molar-refractivity contribution in [1.29, 1.82) is 0 Å². The minimum absolute atomic E-state index is 0.432. The van der Waals surface area contributed by atoms with Gasteiger partial charge in [-0.3, -0.25) is 0 Å². The van der Waals surface area contributed by atoms with Crippen molar-refractivity contribution in [3.8, 4) is 0 Å². The Kier molecular flexibility index (Phi) is 4.19. The summed E-state index contributed by atoms with van der Waals surface area (Å²) in [4.78, 5) is 0. The van der Waals surface area contributed by atoms with Crippen LogP contribution in [0.3, 0.4) is 0 Å². The molecule has 1 atom stereocenters. The van der Waals surface area contributed by atoms with Crippen molar-refractivity contribution in [3.05, 3.63) is 35.4 Å². The summed E-state index contributed by atoms with van der Waals surface area (Å²) in [5.41, 5.74) is 8.73. The molecule has 1 aliphatic rings. The van der Waals surface area contributed by atoms with Crippen LogP contribution in [0.5, 0.6) is 0 Å². The maximum atomic E-state index is 5.94. The molecule has 0 unspecified atom stereocenters. The van der Waals surface area contributed by atoms with E-state index >= 15 is 0 Å². The molecular formula is C15H24N2. The SMILES string of the molecule is Cc1ccccc1[C@@H](C)NC1CCC(N)CC1. The Balaban J connectivity index is 1.93. The van der Waals surface area contributed by atoms with Gasteiger partial charge >= 0.3 is 0 Å². The maximum absolute atomic E-state index is 5.94. The summed E-state index contributed by atoms with van der Waals surface area (Å²) in [6.07, 6.45) is 4.77. The molecule has 3 N–H and O–H groups in total. The molecular weight excluding hydrogens is 208 g/mol. The highest BCUT2D eigenvalue weighted by Gasteiger charge is 2.20. The molecule has 17 heavy (non-hydrogen) atoms. The van der Waals surface area contributed by atoms with Crippen LogP contribution in [0.2, 0.25) is 0 Å². The number of rotatable bonds is 3. The van der Waals surface area contributed by atoms with E-state index in [1.54, 1.807) is 0 Å². The molecule has 0 saturated heterocycles. The maximum Gasteiger partial charge on any atom is 0.0296 e. The Labute approximate surface area is 105 Å². The monoisotopic (exact) mass is 232 g/mol. The number of aryl methyl sites for hydroxylation is 1. The van der Waals surface area contributed by atoms with E-state index < -0.39 is 0 Å². The third-order valence-corrected chi connectivity index (χ3v) is 3.91. The van der Waals surface area contributed by atoms with Gasteiger partial charge in [-0.15, -0.1) is 0 Å². The predicted molar refractivity (Wildman–Crippen MR) is 73.0 cm³/mol. The zero-order valence-electron chi connectivity index (χ0n) is 10.9. The highest BCUT2D eigenvalue weighted by Crippen LogP contribution is 2.22. The Morgan fingerprint density at radius 1 is 1.18 bits per heavy atom. The van der Waals surface area contributed by atoms with E-state index in [1.165, 1.54) is 24.0 Å². The summed E-state index contributed by atoms with van der Waals surface area (Å²) < 4.78 is 0. The molecule has 1 aromatic carbocycles. The number of hydrogen-bond acceptors (Lipinski definition) is 2. The molecule has 0 radical (unpaired) electrons. The van der Waals surface area contributed by atoms with E-state index in [1.807, 2.05) is 0 Å². The first-order valence-corrected chi connectivity index (χ1v) is 6.74. The molecule has 0 bridgehead atoms. The number of nitrogens with one attached hydrogen (secondary N) is 1. The second-order valence-electron chi connectivity index (χ2n) is 5.36. The lowest BCUT2D eigenvalue weighted by Gasteiger charge is -2.30. The van der Waals surface area contributed by atoms with E-state index in [0.29, 0.717) is 18.1 Å². The van der Waals surface area contributed by atoms with Gasteiger partial charge in [-0.2, -0.15) is 0 Å². The zero-order valence-corrected chi connectivity index (χ0v) is 10.9. The second kappa shape index (κ2) is 5.65. The number of nitrogens with two attached hydrogens (primary N) is 1. The van der Waals surface area contributed by atoms with Crippen LogP contribution in [0.15, 0.2) is 24.3 Å². The number of hydrogen-bond donors (Lipinski definition) is 2. The van der Waals surface area contributed by atoms with E-state index in [-0.39, 0.29) is 0 Å². The van der Waals surface area contributed by atoms with Gasteiger partial charge in [0.1, 0.15) is 0 Å². The van der Waals surface area contributed by atoms with Crippen LogP contribution in [0.1, 0.15) is 49.8 Å². The summed E-state index contributed by atoms with van der Waals surface area (Å²) in [6.45, 7) is 4.45. The van der Waals surface area contributed by atoms with Crippen LogP contribution in [0, 0.1) is 6.92 Å². The Morgan fingerprint density at radius 3 is 2.47 bits per heavy atom. The summed E-state index contributed by atoms with van der Waals surface area (Å²) in [6, 6.07) is 10.1. The van der Waals surface area contributed by atoms with Gasteiger partial charge in [0.05, 0.1) is 0 Å². The lowest BCUT2D eigenvalue weighted by molar-refractivity contribution is 0.322. The van der Waals surface area contributed by atoms with E-state index in [4.69, 9.17) is 5.73 Å². The molecule has 1 aliphatic carbocycles. The average molecular weight is 232 g/mol. The smallest absolute Gasteiger partial charge is 0.0296 e. The van der Waals surface area contributed by atoms with E-state index in [0.717, 1.165) is 12.8 Å². The Hall–Kier alpha value is -0.860. The average Bonchev–Trinajstić information content (AvgIpc) is 2.32. The van der Waals surface area contributed by atoms with Gasteiger partial charge in [-0.05, 0) is 50.7 Å². The molecule has 2 heteroatoms. The fourth-order valence-electron chi connectivity index (χ4n) is 2.80. The van der Waals surface area contributed by atoms with Gasteiger partial charge in [-0.25, -0.2) is 0 Å². The molecule has 94 valence electrons. The third-order valence-electron chi connectivity index (χ3n) is 3.91. The van der Waals surface area contributed by atoms with Gasteiger partial charge in [0.2, 0.25) is 0 Å². The first kappa shape index (κ1) is 12.6. The fourth-order valence-corrected chi connectivity index (χ4v) is 2.80. The van der Waals surface area contributed by atoms with Crippen molar-refractivity contribution in [2.45, 2.75) is 57.7 Å². The van der Waals surface area contributed by atoms with Gasteiger partial charge in [-0.1, -0.05) is 24.3 Å². The standard InChI is InChI=1S/C15H24N2/c1-11-5-3-4-6-15(11)12(2)17-14-9-7-13(16)8-10-14/h3-6,12-14,17H,7-10,16H2,1-2H3/t12-,13?,14?/m1/s1. The summed E-state index contributed by atoms with van der Waals surface area (Å²) in [5.74, 6) is 0. The topological polar surface area (TPSA) is 38.0 Å². The van der Waals surface area contributed by atoms with Crippen LogP contribution >= 0.6 is 0 Å². The van der Waals surface area contributed by atoms with Crippen molar-refractivity contribution in [3.63, 3.8) is 0 Å². The lowest BCUT2D eigenvalue weighted by atomic mass is 9.90. The van der Waals surface area contributed by atoms with Crippen molar-refractivity contribution >= 4 is 0 Å². The summed E-state index contributed by atoms with van der Waals surface area (Å²) >= 11 is 0. The Bertz CT molecular complexity index is 354. The van der Waals surface area contributed by atoms with Crippen LogP contribution in [0.4, 0.5) is 0 Å². The highest BCUT2D eigenvalue weighted by molar-refractivity contribution is 5.28. The Morgan fingerprint density at radius 2 is 1.82 bits per heavy atom. The molecule has 0 amide bonds. The van der Waals surface area contributed by atoms with Crippen molar-refractivity contribution in [1.82, 2.24) is 5.32 Å². The third kappa shape index (κ3) is 3.30. The number of benzene rings is 1. The van der Waals surface area contributed by atoms with Crippen molar-refractivity contribution in [2.24, 2.45) is 5.73 Å². The predicted octanol–water partition coefficient (Wildman–Crippen LogP) is 2.92. The van der Waals surface area contributed by atoms with Crippen LogP contribution in [0.25, 0.3) is 0 Å². The van der Waals surface area contributed by atoms with Gasteiger partial charge < -0.3 is 11.1 Å². The molecule has 1 aromatic rings. The van der Waals surface area contributed by atoms with Crippen LogP contribution < -0.4 is 11.1 Å². The summed E-state index contributed by atoms with van der Waals surface area (Å²) in [7, 11) is 0. The molecule has 0 heterocycles. The minimum Gasteiger partial charge on any atom is -0.328 e. The molecule has 2 nitrogen and oxygen atoms in total. The molecule has 1 saturated carbocycles. The van der Waals surface area contributed by atoms with Gasteiger partial charge in [0.25, 0.3) is 0 Å². The normalized spacial score (nSPS) is 26.8. The molecule has 0 aromatic heterocycles. The van der Waals surface area contributed by atoms with Crippen LogP contribution in [-0.4, -0.2) is 12.1 Å². The molecule has 1 fully saturated rings. The first-order chi connectivity index (χ1) is 8.16. The molecule has 0 aliphatic heterocycles. The zero-order chi connectivity index (χ0) is 12.3. The lowest BCUT2D eigenvalue weighted by Crippen LogP contribution is -2.38. The van der Waals surface area contributed by atoms with Gasteiger partial charge in [0, 0.05) is 18.1 Å². The van der Waals surface area contributed by atoms with Crippen molar-refractivity contribution in [2.75, 3.05) is 0 Å². The molecule has 0 spiro atoms. The van der Waals surface area contributed by atoms with Crippen molar-refractivity contribution < 1.29 is 0 Å². The highest BCUT2D eigenvalue weighted by atomic mass is 14.9. The quantitative estimate of drug-likeness (QED) is 0.841. The summed E-state index contributed by atoms with van der Waals surface area (Å²) in [5, 5.41) is 3.74. The van der Waals surface area contributed by atoms with E-state index in [9.17, 15) is 0 Å².